The molecule has 1 atom stereocenters. The fourth-order valence-corrected chi connectivity index (χ4v) is 0.906. The molecule has 0 spiro atoms. The van der Waals surface area contributed by atoms with Gasteiger partial charge in [0.2, 0.25) is 0 Å². The van der Waals surface area contributed by atoms with E-state index in [1.165, 1.54) is 5.56 Å². The largest absolute Gasteiger partial charge is 0.374 e. The lowest BCUT2D eigenvalue weighted by Crippen LogP contribution is -2.06. The van der Waals surface area contributed by atoms with Gasteiger partial charge in [0, 0.05) is 0 Å². The quantitative estimate of drug-likeness (QED) is 0.663. The highest BCUT2D eigenvalue weighted by molar-refractivity contribution is 5.13. The SMILES string of the molecule is [CH2]C(CC)OCc1ccccc1. The highest BCUT2D eigenvalue weighted by Crippen LogP contribution is 2.04. The van der Waals surface area contributed by atoms with E-state index in [1.807, 2.05) is 18.2 Å². The Morgan fingerprint density at radius 1 is 1.33 bits per heavy atom. The second-order valence-corrected chi connectivity index (χ2v) is 2.83. The van der Waals surface area contributed by atoms with Crippen molar-refractivity contribution in [1.29, 1.82) is 0 Å². The first-order valence-electron chi connectivity index (χ1n) is 4.31. The first-order chi connectivity index (χ1) is 5.83. The van der Waals surface area contributed by atoms with Crippen LogP contribution < -0.4 is 0 Å². The van der Waals surface area contributed by atoms with Gasteiger partial charge < -0.3 is 4.74 Å². The maximum Gasteiger partial charge on any atom is 0.0720 e. The summed E-state index contributed by atoms with van der Waals surface area (Å²) in [5.41, 5.74) is 1.21. The van der Waals surface area contributed by atoms with Crippen LogP contribution in [0.5, 0.6) is 0 Å². The van der Waals surface area contributed by atoms with E-state index in [2.05, 4.69) is 26.0 Å². The zero-order valence-electron chi connectivity index (χ0n) is 7.49. The van der Waals surface area contributed by atoms with Crippen LogP contribution in [0.4, 0.5) is 0 Å². The molecule has 1 unspecified atom stereocenters. The first-order valence-corrected chi connectivity index (χ1v) is 4.31. The topological polar surface area (TPSA) is 9.23 Å². The summed E-state index contributed by atoms with van der Waals surface area (Å²) in [5, 5.41) is 0. The molecular formula is C11H15O. The van der Waals surface area contributed by atoms with Crippen LogP contribution in [-0.2, 0) is 11.3 Å². The maximum absolute atomic E-state index is 5.47. The van der Waals surface area contributed by atoms with Gasteiger partial charge >= 0.3 is 0 Å². The summed E-state index contributed by atoms with van der Waals surface area (Å²) in [7, 11) is 0. The molecule has 0 aliphatic carbocycles. The fraction of sp³-hybridized carbons (Fsp3) is 0.364. The molecule has 1 radical (unpaired) electrons. The molecule has 0 saturated carbocycles. The number of benzene rings is 1. The van der Waals surface area contributed by atoms with E-state index in [1.54, 1.807) is 0 Å². The van der Waals surface area contributed by atoms with E-state index in [9.17, 15) is 0 Å². The van der Waals surface area contributed by atoms with Gasteiger partial charge in [0.05, 0.1) is 12.7 Å². The third-order valence-electron chi connectivity index (χ3n) is 1.78. The average Bonchev–Trinajstić information content (AvgIpc) is 2.16. The highest BCUT2D eigenvalue weighted by Gasteiger charge is 1.97. The van der Waals surface area contributed by atoms with Crippen molar-refractivity contribution in [2.24, 2.45) is 0 Å². The maximum atomic E-state index is 5.47. The fourth-order valence-electron chi connectivity index (χ4n) is 0.906. The van der Waals surface area contributed by atoms with Crippen molar-refractivity contribution in [3.63, 3.8) is 0 Å². The monoisotopic (exact) mass is 163 g/mol. The normalized spacial score (nSPS) is 12.8. The lowest BCUT2D eigenvalue weighted by Gasteiger charge is -2.09. The summed E-state index contributed by atoms with van der Waals surface area (Å²) in [6.45, 7) is 6.59. The minimum absolute atomic E-state index is 0.116. The first kappa shape index (κ1) is 9.27. The van der Waals surface area contributed by atoms with Crippen molar-refractivity contribution in [2.45, 2.75) is 26.1 Å². The van der Waals surface area contributed by atoms with Crippen LogP contribution in [0.2, 0.25) is 0 Å². The van der Waals surface area contributed by atoms with Crippen LogP contribution in [0.15, 0.2) is 30.3 Å². The Kier molecular flexibility index (Phi) is 3.81. The number of rotatable bonds is 4. The Balaban J connectivity index is 2.33. The van der Waals surface area contributed by atoms with Crippen molar-refractivity contribution in [3.05, 3.63) is 42.8 Å². The lowest BCUT2D eigenvalue weighted by atomic mass is 10.2. The van der Waals surface area contributed by atoms with Crippen molar-refractivity contribution in [3.8, 4) is 0 Å². The Morgan fingerprint density at radius 3 is 2.58 bits per heavy atom. The van der Waals surface area contributed by atoms with Crippen LogP contribution >= 0.6 is 0 Å². The summed E-state index contributed by atoms with van der Waals surface area (Å²) >= 11 is 0. The molecule has 0 bridgehead atoms. The van der Waals surface area contributed by atoms with E-state index in [0.29, 0.717) is 6.61 Å². The van der Waals surface area contributed by atoms with Gasteiger partial charge in [-0.3, -0.25) is 0 Å². The van der Waals surface area contributed by atoms with Crippen molar-refractivity contribution < 1.29 is 4.74 Å². The Hall–Kier alpha value is -0.820. The highest BCUT2D eigenvalue weighted by atomic mass is 16.5. The van der Waals surface area contributed by atoms with Crippen LogP contribution in [-0.4, -0.2) is 6.10 Å². The smallest absolute Gasteiger partial charge is 0.0720 e. The average molecular weight is 163 g/mol. The van der Waals surface area contributed by atoms with Crippen LogP contribution in [0, 0.1) is 6.92 Å². The molecule has 0 fully saturated rings. The molecule has 1 nitrogen and oxygen atoms in total. The summed E-state index contributed by atoms with van der Waals surface area (Å²) in [4.78, 5) is 0. The van der Waals surface area contributed by atoms with Gasteiger partial charge in [0.1, 0.15) is 0 Å². The third-order valence-corrected chi connectivity index (χ3v) is 1.78. The van der Waals surface area contributed by atoms with Gasteiger partial charge in [-0.2, -0.15) is 0 Å². The third kappa shape index (κ3) is 3.05. The van der Waals surface area contributed by atoms with E-state index in [4.69, 9.17) is 4.74 Å². The molecule has 12 heavy (non-hydrogen) atoms. The lowest BCUT2D eigenvalue weighted by molar-refractivity contribution is 0.0678. The summed E-state index contributed by atoms with van der Waals surface area (Å²) in [5.74, 6) is 0. The Labute approximate surface area is 74.4 Å². The van der Waals surface area contributed by atoms with Gasteiger partial charge in [0.15, 0.2) is 0 Å². The molecule has 0 amide bonds. The number of ether oxygens (including phenoxy) is 1. The molecule has 0 heterocycles. The van der Waals surface area contributed by atoms with Crippen LogP contribution in [0.3, 0.4) is 0 Å². The molecule has 1 aromatic rings. The minimum Gasteiger partial charge on any atom is -0.374 e. The van der Waals surface area contributed by atoms with Gasteiger partial charge in [0.25, 0.3) is 0 Å². The zero-order chi connectivity index (χ0) is 8.81. The van der Waals surface area contributed by atoms with Gasteiger partial charge in [-0.1, -0.05) is 37.3 Å². The van der Waals surface area contributed by atoms with E-state index < -0.39 is 0 Å². The molecule has 0 N–H and O–H groups in total. The predicted octanol–water partition coefficient (Wildman–Crippen LogP) is 2.82. The van der Waals surface area contributed by atoms with E-state index >= 15 is 0 Å². The molecular weight excluding hydrogens is 148 g/mol. The number of hydrogen-bond acceptors (Lipinski definition) is 1. The van der Waals surface area contributed by atoms with Crippen molar-refractivity contribution >= 4 is 0 Å². The van der Waals surface area contributed by atoms with Crippen molar-refractivity contribution in [2.75, 3.05) is 0 Å². The summed E-state index contributed by atoms with van der Waals surface area (Å²) in [6, 6.07) is 10.2. The van der Waals surface area contributed by atoms with Gasteiger partial charge in [-0.05, 0) is 18.9 Å². The number of hydrogen-bond donors (Lipinski definition) is 0. The molecule has 0 aromatic heterocycles. The second kappa shape index (κ2) is 4.94. The predicted molar refractivity (Wildman–Crippen MR) is 50.7 cm³/mol. The summed E-state index contributed by atoms with van der Waals surface area (Å²) in [6.07, 6.45) is 1.08. The molecule has 0 aliphatic rings. The second-order valence-electron chi connectivity index (χ2n) is 2.83. The van der Waals surface area contributed by atoms with Gasteiger partial charge in [-0.15, -0.1) is 0 Å². The van der Waals surface area contributed by atoms with Crippen molar-refractivity contribution in [1.82, 2.24) is 0 Å². The molecule has 65 valence electrons. The molecule has 0 saturated heterocycles. The van der Waals surface area contributed by atoms with Crippen LogP contribution in [0.25, 0.3) is 0 Å². The minimum atomic E-state index is 0.116. The molecule has 0 aliphatic heterocycles. The molecule has 1 heteroatoms. The summed E-state index contributed by atoms with van der Waals surface area (Å²) < 4.78 is 5.47. The zero-order valence-corrected chi connectivity index (χ0v) is 7.49. The Morgan fingerprint density at radius 2 is 2.00 bits per heavy atom. The van der Waals surface area contributed by atoms with Crippen LogP contribution in [0.1, 0.15) is 18.9 Å². The Bertz CT molecular complexity index is 206. The molecule has 1 rings (SSSR count). The van der Waals surface area contributed by atoms with E-state index in [0.717, 1.165) is 6.42 Å². The molecule has 1 aromatic carbocycles. The van der Waals surface area contributed by atoms with E-state index in [-0.39, 0.29) is 6.10 Å². The van der Waals surface area contributed by atoms with Gasteiger partial charge in [-0.25, -0.2) is 0 Å². The standard InChI is InChI=1S/C11H15O/c1-3-10(2)12-9-11-7-5-4-6-8-11/h4-8,10H,2-3,9H2,1H3.